The Morgan fingerprint density at radius 1 is 1.56 bits per heavy atom. The molecule has 0 aromatic carbocycles. The molecule has 0 aromatic rings. The molecule has 1 rings (SSSR count). The fourth-order valence-corrected chi connectivity index (χ4v) is 1.93. The lowest BCUT2D eigenvalue weighted by Gasteiger charge is -2.40. The molecule has 5 nitrogen and oxygen atoms in total. The Morgan fingerprint density at radius 2 is 2.19 bits per heavy atom. The minimum atomic E-state index is -0.261. The van der Waals surface area contributed by atoms with E-state index in [1.165, 1.54) is 7.11 Å². The molecular weight excluding hydrogens is 208 g/mol. The summed E-state index contributed by atoms with van der Waals surface area (Å²) in [6.45, 7) is 4.70. The number of rotatable bonds is 3. The summed E-state index contributed by atoms with van der Waals surface area (Å²) in [5, 5.41) is 0. The predicted octanol–water partition coefficient (Wildman–Crippen LogP) is 1.08. The number of amides is 2. The maximum Gasteiger partial charge on any atom is 0.320 e. The number of urea groups is 1. The van der Waals surface area contributed by atoms with Gasteiger partial charge in [-0.25, -0.2) is 4.79 Å². The summed E-state index contributed by atoms with van der Waals surface area (Å²) in [5.41, 5.74) is 0. The average Bonchev–Trinajstić information content (AvgIpc) is 2.24. The zero-order valence-electron chi connectivity index (χ0n) is 10.4. The first-order valence-corrected chi connectivity index (χ1v) is 5.57. The van der Waals surface area contributed by atoms with E-state index in [1.807, 2.05) is 18.7 Å². The van der Waals surface area contributed by atoms with Crippen LogP contribution in [0.2, 0.25) is 0 Å². The number of carbonyl (C=O) groups excluding carboxylic acids is 2. The van der Waals surface area contributed by atoms with E-state index in [-0.39, 0.29) is 30.5 Å². The lowest BCUT2D eigenvalue weighted by atomic mass is 10.1. The normalized spacial score (nSPS) is 21.6. The van der Waals surface area contributed by atoms with Gasteiger partial charge >= 0.3 is 12.0 Å². The van der Waals surface area contributed by atoms with Crippen molar-refractivity contribution in [1.29, 1.82) is 0 Å². The molecule has 0 bridgehead atoms. The second kappa shape index (κ2) is 5.18. The highest BCUT2D eigenvalue weighted by molar-refractivity contribution is 5.77. The summed E-state index contributed by atoms with van der Waals surface area (Å²) in [7, 11) is 3.11. The molecule has 0 saturated carbocycles. The number of ether oxygens (including phenoxy) is 1. The monoisotopic (exact) mass is 228 g/mol. The van der Waals surface area contributed by atoms with E-state index >= 15 is 0 Å². The fraction of sp³-hybridized carbons (Fsp3) is 0.818. The van der Waals surface area contributed by atoms with E-state index in [9.17, 15) is 9.59 Å². The molecule has 0 aliphatic carbocycles. The first-order valence-electron chi connectivity index (χ1n) is 5.57. The van der Waals surface area contributed by atoms with Gasteiger partial charge in [0.25, 0.3) is 0 Å². The zero-order chi connectivity index (χ0) is 12.3. The van der Waals surface area contributed by atoms with E-state index in [1.54, 1.807) is 11.9 Å². The van der Waals surface area contributed by atoms with Crippen molar-refractivity contribution in [2.45, 2.75) is 38.8 Å². The highest BCUT2D eigenvalue weighted by atomic mass is 16.5. The van der Waals surface area contributed by atoms with Gasteiger partial charge in [-0.2, -0.15) is 0 Å². The standard InChI is InChI=1S/C11H20N2O3/c1-8(2)13-6-5-9(7-10(14)16-4)12(3)11(13)15/h8-9H,5-7H2,1-4H3. The van der Waals surface area contributed by atoms with Crippen LogP contribution in [0.1, 0.15) is 26.7 Å². The van der Waals surface area contributed by atoms with Gasteiger partial charge in [-0.05, 0) is 20.3 Å². The lowest BCUT2D eigenvalue weighted by Crippen LogP contribution is -2.55. The molecule has 1 aliphatic rings. The summed E-state index contributed by atoms with van der Waals surface area (Å²) >= 11 is 0. The zero-order valence-corrected chi connectivity index (χ0v) is 10.4. The average molecular weight is 228 g/mol. The van der Waals surface area contributed by atoms with Crippen molar-refractivity contribution < 1.29 is 14.3 Å². The van der Waals surface area contributed by atoms with Gasteiger partial charge in [-0.15, -0.1) is 0 Å². The first-order chi connectivity index (χ1) is 7.47. The number of methoxy groups -OCH3 is 1. The van der Waals surface area contributed by atoms with Gasteiger partial charge in [0, 0.05) is 25.7 Å². The van der Waals surface area contributed by atoms with Crippen LogP contribution < -0.4 is 0 Å². The molecule has 0 radical (unpaired) electrons. The molecular formula is C11H20N2O3. The number of hydrogen-bond acceptors (Lipinski definition) is 3. The Kier molecular flexibility index (Phi) is 4.15. The van der Waals surface area contributed by atoms with Gasteiger partial charge in [0.05, 0.1) is 13.5 Å². The van der Waals surface area contributed by atoms with Gasteiger partial charge in [0.15, 0.2) is 0 Å². The number of nitrogens with zero attached hydrogens (tertiary/aromatic N) is 2. The SMILES string of the molecule is COC(=O)CC1CCN(C(C)C)C(=O)N1C. The third kappa shape index (κ3) is 2.65. The van der Waals surface area contributed by atoms with Gasteiger partial charge in [0.2, 0.25) is 0 Å². The Bertz CT molecular complexity index is 278. The second-order valence-corrected chi connectivity index (χ2v) is 4.40. The Labute approximate surface area is 96.3 Å². The maximum absolute atomic E-state index is 11.9. The van der Waals surface area contributed by atoms with Crippen molar-refractivity contribution in [1.82, 2.24) is 9.80 Å². The minimum absolute atomic E-state index is 0.00449. The molecule has 0 aromatic heterocycles. The third-order valence-corrected chi connectivity index (χ3v) is 3.05. The fourth-order valence-electron chi connectivity index (χ4n) is 1.93. The lowest BCUT2D eigenvalue weighted by molar-refractivity contribution is -0.142. The number of esters is 1. The molecule has 1 unspecified atom stereocenters. The molecule has 1 fully saturated rings. The van der Waals surface area contributed by atoms with Crippen LogP contribution in [0.15, 0.2) is 0 Å². The van der Waals surface area contributed by atoms with Crippen LogP contribution in [0, 0.1) is 0 Å². The van der Waals surface area contributed by atoms with Crippen LogP contribution in [-0.4, -0.2) is 54.6 Å². The summed E-state index contributed by atoms with van der Waals surface area (Å²) in [6.07, 6.45) is 1.10. The molecule has 1 aliphatic heterocycles. The number of hydrogen-bond donors (Lipinski definition) is 0. The van der Waals surface area contributed by atoms with Crippen LogP contribution in [-0.2, 0) is 9.53 Å². The van der Waals surface area contributed by atoms with Crippen molar-refractivity contribution in [2.24, 2.45) is 0 Å². The predicted molar refractivity (Wildman–Crippen MR) is 60.0 cm³/mol. The molecule has 0 N–H and O–H groups in total. The molecule has 16 heavy (non-hydrogen) atoms. The van der Waals surface area contributed by atoms with Crippen LogP contribution in [0.5, 0.6) is 0 Å². The minimum Gasteiger partial charge on any atom is -0.469 e. The van der Waals surface area contributed by atoms with Gasteiger partial charge < -0.3 is 14.5 Å². The third-order valence-electron chi connectivity index (χ3n) is 3.05. The summed E-state index contributed by atoms with van der Waals surface area (Å²) in [4.78, 5) is 26.6. The van der Waals surface area contributed by atoms with Crippen molar-refractivity contribution in [3.63, 3.8) is 0 Å². The molecule has 1 heterocycles. The molecule has 1 saturated heterocycles. The van der Waals surface area contributed by atoms with E-state index in [2.05, 4.69) is 4.74 Å². The van der Waals surface area contributed by atoms with E-state index in [4.69, 9.17) is 0 Å². The van der Waals surface area contributed by atoms with Crippen LogP contribution in [0.3, 0.4) is 0 Å². The van der Waals surface area contributed by atoms with Crippen molar-refractivity contribution in [3.05, 3.63) is 0 Å². The first kappa shape index (κ1) is 12.8. The Hall–Kier alpha value is -1.26. The van der Waals surface area contributed by atoms with Crippen LogP contribution in [0.25, 0.3) is 0 Å². The van der Waals surface area contributed by atoms with Crippen molar-refractivity contribution >= 4 is 12.0 Å². The molecule has 92 valence electrons. The quantitative estimate of drug-likeness (QED) is 0.679. The molecule has 5 heteroatoms. The van der Waals surface area contributed by atoms with Gasteiger partial charge in [-0.3, -0.25) is 4.79 Å². The van der Waals surface area contributed by atoms with E-state index in [0.717, 1.165) is 6.42 Å². The topological polar surface area (TPSA) is 49.9 Å². The molecule has 1 atom stereocenters. The van der Waals surface area contributed by atoms with Crippen LogP contribution >= 0.6 is 0 Å². The van der Waals surface area contributed by atoms with Crippen molar-refractivity contribution in [3.8, 4) is 0 Å². The highest BCUT2D eigenvalue weighted by Gasteiger charge is 2.32. The summed E-state index contributed by atoms with van der Waals surface area (Å²) < 4.78 is 4.62. The molecule has 0 spiro atoms. The second-order valence-electron chi connectivity index (χ2n) is 4.40. The van der Waals surface area contributed by atoms with Crippen molar-refractivity contribution in [2.75, 3.05) is 20.7 Å². The highest BCUT2D eigenvalue weighted by Crippen LogP contribution is 2.19. The van der Waals surface area contributed by atoms with E-state index in [0.29, 0.717) is 6.54 Å². The summed E-state index contributed by atoms with van der Waals surface area (Å²) in [6, 6.07) is 0.166. The van der Waals surface area contributed by atoms with Crippen LogP contribution in [0.4, 0.5) is 4.79 Å². The van der Waals surface area contributed by atoms with Gasteiger partial charge in [0.1, 0.15) is 0 Å². The maximum atomic E-state index is 11.9. The number of carbonyl (C=O) groups is 2. The smallest absolute Gasteiger partial charge is 0.320 e. The largest absolute Gasteiger partial charge is 0.469 e. The Balaban J connectivity index is 2.61. The molecule has 2 amide bonds. The Morgan fingerprint density at radius 3 is 2.69 bits per heavy atom. The van der Waals surface area contributed by atoms with E-state index < -0.39 is 0 Å². The summed E-state index contributed by atoms with van der Waals surface area (Å²) in [5.74, 6) is -0.261. The van der Waals surface area contributed by atoms with Gasteiger partial charge in [-0.1, -0.05) is 0 Å².